The topological polar surface area (TPSA) is 145 Å². The summed E-state index contributed by atoms with van der Waals surface area (Å²) in [5, 5.41) is 36.6. The fraction of sp³-hybridized carbons (Fsp3) is 0.556. The number of piperidine rings is 1. The van der Waals surface area contributed by atoms with E-state index in [0.717, 1.165) is 72.8 Å². The molecule has 0 unspecified atom stereocenters. The number of aldehydes is 1. The molecule has 2 aliphatic carbocycles. The van der Waals surface area contributed by atoms with Crippen LogP contribution in [-0.2, 0) is 4.79 Å². The van der Waals surface area contributed by atoms with Gasteiger partial charge in [-0.1, -0.05) is 37.2 Å². The van der Waals surface area contributed by atoms with Gasteiger partial charge in [0.25, 0.3) is 0 Å². The summed E-state index contributed by atoms with van der Waals surface area (Å²) in [4.78, 5) is 17.3. The van der Waals surface area contributed by atoms with Crippen molar-refractivity contribution >= 4 is 57.2 Å². The molecule has 9 nitrogen and oxygen atoms in total. The van der Waals surface area contributed by atoms with Crippen LogP contribution in [0.1, 0.15) is 69.7 Å². The first kappa shape index (κ1) is 29.6. The molecule has 0 amide bonds. The Labute approximate surface area is 242 Å². The number of hydrogen-bond donors (Lipinski definition) is 3. The summed E-state index contributed by atoms with van der Waals surface area (Å²) in [6, 6.07) is 6.72. The number of hydrogen-bond acceptors (Lipinski definition) is 10. The van der Waals surface area contributed by atoms with Crippen LogP contribution in [0.15, 0.2) is 17.2 Å². The van der Waals surface area contributed by atoms with Crippen molar-refractivity contribution < 1.29 is 4.79 Å². The van der Waals surface area contributed by atoms with Gasteiger partial charge in [-0.2, -0.15) is 10.5 Å². The summed E-state index contributed by atoms with van der Waals surface area (Å²) >= 11 is 9.07. The van der Waals surface area contributed by atoms with E-state index in [9.17, 15) is 15.3 Å². The number of thioether (sulfide) groups is 1. The molecule has 0 radical (unpaired) electrons. The molecule has 1 saturated heterocycles. The molecule has 0 bridgehead atoms. The highest BCUT2D eigenvalue weighted by Crippen LogP contribution is 2.49. The van der Waals surface area contributed by atoms with Crippen LogP contribution in [0.25, 0.3) is 5.52 Å². The Hall–Kier alpha value is -2.41. The Morgan fingerprint density at radius 1 is 1.23 bits per heavy atom. The molecule has 39 heavy (non-hydrogen) atoms. The Kier molecular flexibility index (Phi) is 9.09. The molecule has 2 aromatic rings. The van der Waals surface area contributed by atoms with Crippen molar-refractivity contribution in [3.63, 3.8) is 0 Å². The second-order valence-electron chi connectivity index (χ2n) is 10.9. The van der Waals surface area contributed by atoms with Gasteiger partial charge >= 0.3 is 0 Å². The average Bonchev–Trinajstić information content (AvgIpc) is 3.86. The lowest BCUT2D eigenvalue weighted by Gasteiger charge is -2.30. The molecule has 2 saturated carbocycles. The molecule has 5 rings (SSSR count). The van der Waals surface area contributed by atoms with Gasteiger partial charge in [0, 0.05) is 17.0 Å². The predicted molar refractivity (Wildman–Crippen MR) is 157 cm³/mol. The number of rotatable bonds is 7. The molecule has 3 fully saturated rings. The molecule has 3 aliphatic rings. The quantitative estimate of drug-likeness (QED) is 0.164. The molecular formula is C27H33ClN8OS2. The van der Waals surface area contributed by atoms with E-state index in [-0.39, 0.29) is 16.0 Å². The number of imidazole rings is 1. The van der Waals surface area contributed by atoms with E-state index in [4.69, 9.17) is 22.4 Å². The minimum Gasteiger partial charge on any atom is -0.306 e. The van der Waals surface area contributed by atoms with E-state index in [1.54, 1.807) is 0 Å². The number of carbonyl (C=O) groups excluding carboxylic acids is 1. The van der Waals surface area contributed by atoms with Crippen molar-refractivity contribution in [2.75, 3.05) is 20.1 Å². The molecule has 206 valence electrons. The SMILES string of the molecule is CC(C)C=O.CN1CCC(c2cc(SNC3(C#N)CC3)cn3c(C(=N)SC(=N)C4(C#N)CC4)nc(Cl)c23)CC1. The van der Waals surface area contributed by atoms with Crippen molar-refractivity contribution in [2.24, 2.45) is 11.3 Å². The fourth-order valence-corrected chi connectivity index (χ4v) is 6.37. The monoisotopic (exact) mass is 584 g/mol. The van der Waals surface area contributed by atoms with Crippen molar-refractivity contribution in [3.8, 4) is 12.1 Å². The lowest BCUT2D eigenvalue weighted by molar-refractivity contribution is -0.110. The summed E-state index contributed by atoms with van der Waals surface area (Å²) in [6.07, 6.45) is 7.85. The molecule has 0 aromatic carbocycles. The first-order valence-electron chi connectivity index (χ1n) is 13.0. The molecule has 2 aromatic heterocycles. The second kappa shape index (κ2) is 12.0. The maximum absolute atomic E-state index is 9.50. The second-order valence-corrected chi connectivity index (χ2v) is 13.1. The van der Waals surface area contributed by atoms with Gasteiger partial charge in [-0.05, 0) is 88.2 Å². The largest absolute Gasteiger partial charge is 0.306 e. The molecule has 0 atom stereocenters. The van der Waals surface area contributed by atoms with E-state index >= 15 is 0 Å². The van der Waals surface area contributed by atoms with Gasteiger partial charge in [-0.15, -0.1) is 0 Å². The summed E-state index contributed by atoms with van der Waals surface area (Å²) in [6.45, 7) is 5.71. The van der Waals surface area contributed by atoms with E-state index in [1.807, 2.05) is 24.4 Å². The molecule has 1 aliphatic heterocycles. The Bertz CT molecular complexity index is 1360. The molecule has 3 heterocycles. The Morgan fingerprint density at radius 3 is 2.38 bits per heavy atom. The predicted octanol–water partition coefficient (Wildman–Crippen LogP) is 5.63. The minimum atomic E-state index is -0.742. The van der Waals surface area contributed by atoms with Crippen LogP contribution in [0.4, 0.5) is 0 Å². The van der Waals surface area contributed by atoms with Gasteiger partial charge in [-0.3, -0.25) is 15.2 Å². The van der Waals surface area contributed by atoms with Crippen LogP contribution in [-0.4, -0.2) is 56.3 Å². The van der Waals surface area contributed by atoms with Crippen LogP contribution in [0.3, 0.4) is 0 Å². The zero-order valence-corrected chi connectivity index (χ0v) is 24.8. The third-order valence-electron chi connectivity index (χ3n) is 7.26. The maximum Gasteiger partial charge on any atom is 0.171 e. The normalized spacial score (nSPS) is 19.5. The number of pyridine rings is 1. The molecule has 12 heteroatoms. The van der Waals surface area contributed by atoms with E-state index in [1.165, 1.54) is 11.9 Å². The van der Waals surface area contributed by atoms with Crippen LogP contribution < -0.4 is 4.72 Å². The number of nitrogens with zero attached hydrogens (tertiary/aromatic N) is 5. The number of aromatic nitrogens is 2. The summed E-state index contributed by atoms with van der Waals surface area (Å²) < 4.78 is 5.17. The fourth-order valence-electron chi connectivity index (χ4n) is 4.30. The smallest absolute Gasteiger partial charge is 0.171 e. The van der Waals surface area contributed by atoms with Gasteiger partial charge in [0.05, 0.1) is 22.7 Å². The third-order valence-corrected chi connectivity index (χ3v) is 9.46. The van der Waals surface area contributed by atoms with Crippen molar-refractivity contribution in [3.05, 3.63) is 28.8 Å². The number of nitrogens with one attached hydrogen (secondary N) is 3. The molecule has 3 N–H and O–H groups in total. The van der Waals surface area contributed by atoms with Gasteiger partial charge in [-0.25, -0.2) is 9.71 Å². The summed E-state index contributed by atoms with van der Waals surface area (Å²) in [5.41, 5.74) is 0.703. The molecule has 0 spiro atoms. The zero-order chi connectivity index (χ0) is 28.4. The van der Waals surface area contributed by atoms with Crippen molar-refractivity contribution in [1.29, 1.82) is 21.3 Å². The van der Waals surface area contributed by atoms with E-state index < -0.39 is 11.0 Å². The Morgan fingerprint density at radius 2 is 1.87 bits per heavy atom. The Balaban J connectivity index is 0.000000648. The minimum absolute atomic E-state index is 0.105. The number of likely N-dealkylation sites (tertiary alicyclic amines) is 1. The van der Waals surface area contributed by atoms with Crippen molar-refractivity contribution in [1.82, 2.24) is 19.0 Å². The number of halogens is 1. The highest BCUT2D eigenvalue weighted by molar-refractivity contribution is 8.26. The number of nitriles is 2. The van der Waals surface area contributed by atoms with Crippen LogP contribution in [0.5, 0.6) is 0 Å². The standard InChI is InChI=1S/C23H25ClN8S2.C4H8O/c1-31-8-2-14(3-9-31)16-10-15(34-30-23(13-26)6-7-23)11-32-17(16)18(24)29-20(32)19(27)33-21(28)22(12-25)4-5-22;1-4(2)3-5/h10-11,14,27-28,30H,2-9H2,1H3;3-4H,1-2H3. The summed E-state index contributed by atoms with van der Waals surface area (Å²) in [5.74, 6) is 0.900. The van der Waals surface area contributed by atoms with Crippen LogP contribution in [0, 0.1) is 44.8 Å². The first-order chi connectivity index (χ1) is 18.6. The van der Waals surface area contributed by atoms with Crippen molar-refractivity contribution in [2.45, 2.75) is 68.7 Å². The van der Waals surface area contributed by atoms with Crippen LogP contribution in [0.2, 0.25) is 5.15 Å². The summed E-state index contributed by atoms with van der Waals surface area (Å²) in [7, 11) is 2.13. The number of fused-ring (bicyclic) bond motifs is 1. The highest BCUT2D eigenvalue weighted by Gasteiger charge is 2.48. The molecular weight excluding hydrogens is 552 g/mol. The maximum atomic E-state index is 9.50. The van der Waals surface area contributed by atoms with Gasteiger partial charge in [0.1, 0.15) is 22.3 Å². The third kappa shape index (κ3) is 6.67. The van der Waals surface area contributed by atoms with Crippen LogP contribution >= 0.6 is 35.3 Å². The first-order valence-corrected chi connectivity index (χ1v) is 15.1. The van der Waals surface area contributed by atoms with Gasteiger partial charge in [0.2, 0.25) is 0 Å². The van der Waals surface area contributed by atoms with E-state index in [0.29, 0.717) is 29.7 Å². The highest BCUT2D eigenvalue weighted by atomic mass is 35.5. The lowest BCUT2D eigenvalue weighted by atomic mass is 9.89. The zero-order valence-electron chi connectivity index (χ0n) is 22.4. The van der Waals surface area contributed by atoms with Gasteiger partial charge in [0.15, 0.2) is 11.0 Å². The number of carbonyl (C=O) groups is 1. The average molecular weight is 585 g/mol. The lowest BCUT2D eigenvalue weighted by Crippen LogP contribution is -2.29. The van der Waals surface area contributed by atoms with Gasteiger partial charge < -0.3 is 9.69 Å². The van der Waals surface area contributed by atoms with E-state index in [2.05, 4.69) is 39.9 Å².